The Bertz CT molecular complexity index is 561. The monoisotopic (exact) mass is 279 g/mol. The Labute approximate surface area is 114 Å². The maximum atomic E-state index is 12.0. The van der Waals surface area contributed by atoms with Gasteiger partial charge in [-0.3, -0.25) is 4.79 Å². The predicted octanol–water partition coefficient (Wildman–Crippen LogP) is 2.55. The summed E-state index contributed by atoms with van der Waals surface area (Å²) in [7, 11) is 0. The number of hydrogen-bond donors (Lipinski definition) is 2. The van der Waals surface area contributed by atoms with Gasteiger partial charge in [0.25, 0.3) is 0 Å². The Kier molecular flexibility index (Phi) is 3.88. The third-order valence-electron chi connectivity index (χ3n) is 2.59. The van der Waals surface area contributed by atoms with E-state index in [4.69, 9.17) is 18.0 Å². The molecule has 1 aromatic carbocycles. The molecule has 0 aliphatic rings. The van der Waals surface area contributed by atoms with Crippen LogP contribution in [0.25, 0.3) is 10.2 Å². The lowest BCUT2D eigenvalue weighted by Crippen LogP contribution is -2.32. The van der Waals surface area contributed by atoms with E-state index in [1.54, 1.807) is 0 Å². The van der Waals surface area contributed by atoms with Crippen LogP contribution in [0.3, 0.4) is 0 Å². The molecule has 0 spiro atoms. The molecule has 1 unspecified atom stereocenters. The summed E-state index contributed by atoms with van der Waals surface area (Å²) in [5.74, 6) is -0.629. The third kappa shape index (κ3) is 2.65. The zero-order valence-corrected chi connectivity index (χ0v) is 11.5. The van der Waals surface area contributed by atoms with Crippen molar-refractivity contribution in [2.24, 2.45) is 11.7 Å². The van der Waals surface area contributed by atoms with E-state index in [0.717, 1.165) is 10.2 Å². The number of carbonyl (C=O) groups is 1. The molecule has 0 bridgehead atoms. The second-order valence-corrected chi connectivity index (χ2v) is 5.34. The standard InChI is InChI=1S/C12H13N3OS2/c1-2-7(10(13)17)11(16)15-12-14-8-5-3-4-6-9(8)18-12/h3-7H,2H2,1H3,(H2,13,17)(H,14,15,16). The maximum Gasteiger partial charge on any atom is 0.236 e. The molecule has 0 fully saturated rings. The van der Waals surface area contributed by atoms with Crippen molar-refractivity contribution in [1.82, 2.24) is 4.98 Å². The van der Waals surface area contributed by atoms with E-state index in [-0.39, 0.29) is 10.9 Å². The number of amides is 1. The van der Waals surface area contributed by atoms with Crippen molar-refractivity contribution in [1.29, 1.82) is 0 Å². The lowest BCUT2D eigenvalue weighted by atomic mass is 10.1. The Morgan fingerprint density at radius 1 is 1.56 bits per heavy atom. The molecule has 2 rings (SSSR count). The third-order valence-corrected chi connectivity index (χ3v) is 3.83. The highest BCUT2D eigenvalue weighted by molar-refractivity contribution is 7.80. The van der Waals surface area contributed by atoms with Gasteiger partial charge >= 0.3 is 0 Å². The van der Waals surface area contributed by atoms with Crippen molar-refractivity contribution in [2.75, 3.05) is 5.32 Å². The molecule has 0 saturated carbocycles. The number of para-hydroxylation sites is 1. The fourth-order valence-electron chi connectivity index (χ4n) is 1.63. The summed E-state index contributed by atoms with van der Waals surface area (Å²) in [4.78, 5) is 16.5. The first kappa shape index (κ1) is 12.9. The number of anilines is 1. The Morgan fingerprint density at radius 3 is 2.89 bits per heavy atom. The molecule has 1 aromatic heterocycles. The topological polar surface area (TPSA) is 68.0 Å². The number of rotatable bonds is 4. The molecule has 0 aliphatic heterocycles. The molecule has 94 valence electrons. The molecule has 6 heteroatoms. The summed E-state index contributed by atoms with van der Waals surface area (Å²) in [6.07, 6.45) is 0.589. The van der Waals surface area contributed by atoms with Gasteiger partial charge < -0.3 is 11.1 Å². The molecule has 0 aliphatic carbocycles. The zero-order chi connectivity index (χ0) is 13.1. The van der Waals surface area contributed by atoms with Crippen LogP contribution >= 0.6 is 23.6 Å². The Morgan fingerprint density at radius 2 is 2.28 bits per heavy atom. The van der Waals surface area contributed by atoms with E-state index >= 15 is 0 Å². The van der Waals surface area contributed by atoms with Crippen LogP contribution in [-0.2, 0) is 4.79 Å². The van der Waals surface area contributed by atoms with Crippen molar-refractivity contribution in [3.63, 3.8) is 0 Å². The van der Waals surface area contributed by atoms with Crippen molar-refractivity contribution >= 4 is 49.8 Å². The van der Waals surface area contributed by atoms with E-state index < -0.39 is 5.92 Å². The minimum atomic E-state index is -0.438. The number of nitrogens with one attached hydrogen (secondary N) is 1. The van der Waals surface area contributed by atoms with Gasteiger partial charge in [0.2, 0.25) is 5.91 Å². The van der Waals surface area contributed by atoms with Crippen LogP contribution in [0.15, 0.2) is 24.3 Å². The van der Waals surface area contributed by atoms with Crippen molar-refractivity contribution in [3.05, 3.63) is 24.3 Å². The number of hydrogen-bond acceptors (Lipinski definition) is 4. The summed E-state index contributed by atoms with van der Waals surface area (Å²) >= 11 is 6.31. The summed E-state index contributed by atoms with van der Waals surface area (Å²) in [6, 6.07) is 7.73. The Balaban J connectivity index is 2.18. The lowest BCUT2D eigenvalue weighted by Gasteiger charge is -2.11. The highest BCUT2D eigenvalue weighted by Crippen LogP contribution is 2.25. The minimum absolute atomic E-state index is 0.191. The molecule has 0 radical (unpaired) electrons. The van der Waals surface area contributed by atoms with Crippen LogP contribution in [-0.4, -0.2) is 15.9 Å². The molecule has 1 amide bonds. The molecule has 3 N–H and O–H groups in total. The first-order valence-corrected chi connectivity index (χ1v) is 6.80. The van der Waals surface area contributed by atoms with Gasteiger partial charge in [-0.15, -0.1) is 0 Å². The van der Waals surface area contributed by atoms with Gasteiger partial charge in [0.1, 0.15) is 0 Å². The smallest absolute Gasteiger partial charge is 0.236 e. The van der Waals surface area contributed by atoms with E-state index in [0.29, 0.717) is 11.6 Å². The van der Waals surface area contributed by atoms with Crippen molar-refractivity contribution < 1.29 is 4.79 Å². The number of thiazole rings is 1. The number of benzene rings is 1. The molecule has 1 heterocycles. The second kappa shape index (κ2) is 5.41. The second-order valence-electron chi connectivity index (χ2n) is 3.84. The van der Waals surface area contributed by atoms with Crippen molar-refractivity contribution in [3.8, 4) is 0 Å². The molecule has 4 nitrogen and oxygen atoms in total. The molecule has 0 saturated heterocycles. The van der Waals surface area contributed by atoms with Gasteiger partial charge in [-0.1, -0.05) is 42.6 Å². The van der Waals surface area contributed by atoms with Gasteiger partial charge in [0.05, 0.1) is 21.1 Å². The van der Waals surface area contributed by atoms with Crippen LogP contribution < -0.4 is 11.1 Å². The molecular weight excluding hydrogens is 266 g/mol. The van der Waals surface area contributed by atoms with Gasteiger partial charge in [-0.2, -0.15) is 0 Å². The zero-order valence-electron chi connectivity index (χ0n) is 9.84. The van der Waals surface area contributed by atoms with Gasteiger partial charge in [0.15, 0.2) is 5.13 Å². The molecule has 18 heavy (non-hydrogen) atoms. The van der Waals surface area contributed by atoms with Crippen LogP contribution in [0, 0.1) is 5.92 Å². The summed E-state index contributed by atoms with van der Waals surface area (Å²) in [5, 5.41) is 3.34. The normalized spacial score (nSPS) is 12.3. The minimum Gasteiger partial charge on any atom is -0.393 e. The quantitative estimate of drug-likeness (QED) is 0.844. The molecule has 2 aromatic rings. The van der Waals surface area contributed by atoms with E-state index in [1.165, 1.54) is 11.3 Å². The number of thiocarbonyl (C=S) groups is 1. The van der Waals surface area contributed by atoms with Crippen molar-refractivity contribution in [2.45, 2.75) is 13.3 Å². The summed E-state index contributed by atoms with van der Waals surface area (Å²) in [5.41, 5.74) is 6.41. The first-order chi connectivity index (χ1) is 8.61. The lowest BCUT2D eigenvalue weighted by molar-refractivity contribution is -0.118. The summed E-state index contributed by atoms with van der Waals surface area (Å²) in [6.45, 7) is 1.88. The molecular formula is C12H13N3OS2. The van der Waals surface area contributed by atoms with Gasteiger partial charge in [0, 0.05) is 0 Å². The number of aromatic nitrogens is 1. The number of carbonyl (C=O) groups excluding carboxylic acids is 1. The average molecular weight is 279 g/mol. The maximum absolute atomic E-state index is 12.0. The van der Waals surface area contributed by atoms with Crippen LogP contribution in [0.2, 0.25) is 0 Å². The SMILES string of the molecule is CCC(C(=O)Nc1nc2ccccc2s1)C(N)=S. The fraction of sp³-hybridized carbons (Fsp3) is 0.250. The predicted molar refractivity (Wildman–Crippen MR) is 78.8 cm³/mol. The van der Waals surface area contributed by atoms with Crippen LogP contribution in [0.1, 0.15) is 13.3 Å². The first-order valence-electron chi connectivity index (χ1n) is 5.57. The summed E-state index contributed by atoms with van der Waals surface area (Å²) < 4.78 is 1.04. The Hall–Kier alpha value is -1.53. The van der Waals surface area contributed by atoms with Gasteiger partial charge in [-0.25, -0.2) is 4.98 Å². The highest BCUT2D eigenvalue weighted by atomic mass is 32.1. The van der Waals surface area contributed by atoms with E-state index in [9.17, 15) is 4.79 Å². The largest absolute Gasteiger partial charge is 0.393 e. The average Bonchev–Trinajstić information content (AvgIpc) is 2.71. The van der Waals surface area contributed by atoms with Crippen LogP contribution in [0.4, 0.5) is 5.13 Å². The van der Waals surface area contributed by atoms with E-state index in [1.807, 2.05) is 31.2 Å². The molecule has 1 atom stereocenters. The highest BCUT2D eigenvalue weighted by Gasteiger charge is 2.20. The van der Waals surface area contributed by atoms with Crippen LogP contribution in [0.5, 0.6) is 0 Å². The number of nitrogens with two attached hydrogens (primary N) is 1. The number of nitrogens with zero attached hydrogens (tertiary/aromatic N) is 1. The fourth-order valence-corrected chi connectivity index (χ4v) is 2.78. The van der Waals surface area contributed by atoms with E-state index in [2.05, 4.69) is 10.3 Å². The van der Waals surface area contributed by atoms with Gasteiger partial charge in [-0.05, 0) is 18.6 Å². The number of fused-ring (bicyclic) bond motifs is 1.